The maximum absolute atomic E-state index is 5.81. The van der Waals surface area contributed by atoms with E-state index in [4.69, 9.17) is 5.73 Å². The van der Waals surface area contributed by atoms with E-state index in [1.165, 1.54) is 11.1 Å². The summed E-state index contributed by atoms with van der Waals surface area (Å²) in [6, 6.07) is 9.57. The molecule has 0 aliphatic carbocycles. The van der Waals surface area contributed by atoms with Crippen molar-refractivity contribution in [2.45, 2.75) is 46.2 Å². The van der Waals surface area contributed by atoms with E-state index in [2.05, 4.69) is 57.3 Å². The van der Waals surface area contributed by atoms with Crippen LogP contribution in [0.2, 0.25) is 0 Å². The van der Waals surface area contributed by atoms with Crippen molar-refractivity contribution in [2.75, 3.05) is 6.54 Å². The summed E-state index contributed by atoms with van der Waals surface area (Å²) < 4.78 is 0. The fourth-order valence-electron chi connectivity index (χ4n) is 2.06. The summed E-state index contributed by atoms with van der Waals surface area (Å²) in [5, 5.41) is 3.48. The molecule has 17 heavy (non-hydrogen) atoms. The number of nitrogens with one attached hydrogen (secondary N) is 1. The van der Waals surface area contributed by atoms with Crippen molar-refractivity contribution in [3.63, 3.8) is 0 Å². The Hall–Kier alpha value is -0.860. The molecule has 0 amide bonds. The molecular weight excluding hydrogens is 208 g/mol. The second kappa shape index (κ2) is 6.77. The largest absolute Gasteiger partial charge is 0.329 e. The first-order valence-electron chi connectivity index (χ1n) is 6.58. The third kappa shape index (κ3) is 4.88. The highest BCUT2D eigenvalue weighted by Crippen LogP contribution is 2.15. The molecule has 0 aliphatic heterocycles. The van der Waals surface area contributed by atoms with Crippen molar-refractivity contribution in [3.8, 4) is 0 Å². The normalized spacial score (nSPS) is 13.4. The highest BCUT2D eigenvalue weighted by atomic mass is 15.0. The zero-order chi connectivity index (χ0) is 12.8. The van der Waals surface area contributed by atoms with Crippen LogP contribution in [0.3, 0.4) is 0 Å². The van der Waals surface area contributed by atoms with E-state index >= 15 is 0 Å². The van der Waals surface area contributed by atoms with Gasteiger partial charge in [-0.05, 0) is 23.5 Å². The molecule has 96 valence electrons. The number of benzene rings is 1. The van der Waals surface area contributed by atoms with Crippen LogP contribution in [0, 0.1) is 5.92 Å². The van der Waals surface area contributed by atoms with Gasteiger partial charge >= 0.3 is 0 Å². The molecule has 0 saturated heterocycles. The van der Waals surface area contributed by atoms with E-state index in [1.54, 1.807) is 0 Å². The van der Waals surface area contributed by atoms with Gasteiger partial charge in [-0.15, -0.1) is 0 Å². The smallest absolute Gasteiger partial charge is 0.0446 e. The van der Waals surface area contributed by atoms with Gasteiger partial charge in [0.05, 0.1) is 0 Å². The molecule has 0 bridgehead atoms. The zero-order valence-corrected chi connectivity index (χ0v) is 11.5. The van der Waals surface area contributed by atoms with Crippen molar-refractivity contribution >= 4 is 0 Å². The summed E-state index contributed by atoms with van der Waals surface area (Å²) in [4.78, 5) is 0. The third-order valence-electron chi connectivity index (χ3n) is 2.80. The Bertz CT molecular complexity index is 314. The van der Waals surface area contributed by atoms with E-state index in [1.807, 2.05) is 0 Å². The molecule has 2 heteroatoms. The van der Waals surface area contributed by atoms with Crippen LogP contribution in [-0.2, 0) is 6.42 Å². The van der Waals surface area contributed by atoms with Gasteiger partial charge in [0, 0.05) is 18.6 Å². The maximum Gasteiger partial charge on any atom is 0.0446 e. The quantitative estimate of drug-likeness (QED) is 0.794. The van der Waals surface area contributed by atoms with Crippen LogP contribution in [-0.4, -0.2) is 12.6 Å². The van der Waals surface area contributed by atoms with Gasteiger partial charge in [-0.1, -0.05) is 52.0 Å². The Kier molecular flexibility index (Phi) is 5.66. The highest BCUT2D eigenvalue weighted by Gasteiger charge is 2.10. The molecule has 1 rings (SSSR count). The molecule has 0 heterocycles. The van der Waals surface area contributed by atoms with Crippen molar-refractivity contribution in [1.29, 1.82) is 0 Å². The summed E-state index contributed by atoms with van der Waals surface area (Å²) in [6.07, 6.45) is 1.14. The summed E-state index contributed by atoms with van der Waals surface area (Å²) in [5.74, 6) is 0.708. The first-order chi connectivity index (χ1) is 8.02. The fourth-order valence-corrected chi connectivity index (χ4v) is 2.06. The second-order valence-corrected chi connectivity index (χ2v) is 5.45. The summed E-state index contributed by atoms with van der Waals surface area (Å²) in [6.45, 7) is 9.43. The molecular formula is C15H26N2. The molecule has 1 atom stereocenters. The minimum atomic E-state index is 0.267. The molecule has 1 aromatic carbocycles. The van der Waals surface area contributed by atoms with Crippen molar-refractivity contribution in [2.24, 2.45) is 11.7 Å². The van der Waals surface area contributed by atoms with Gasteiger partial charge < -0.3 is 11.1 Å². The van der Waals surface area contributed by atoms with E-state index in [0.717, 1.165) is 6.42 Å². The average molecular weight is 234 g/mol. The third-order valence-corrected chi connectivity index (χ3v) is 2.80. The van der Waals surface area contributed by atoms with Crippen molar-refractivity contribution in [1.82, 2.24) is 5.32 Å². The summed E-state index contributed by atoms with van der Waals surface area (Å²) >= 11 is 0. The van der Waals surface area contributed by atoms with E-state index in [-0.39, 0.29) is 6.04 Å². The Labute approximate surface area is 106 Å². The first kappa shape index (κ1) is 14.2. The average Bonchev–Trinajstić information content (AvgIpc) is 2.26. The lowest BCUT2D eigenvalue weighted by Crippen LogP contribution is -2.33. The monoisotopic (exact) mass is 234 g/mol. The standard InChI is InChI=1S/C15H26N2/c1-11(2)9-13-5-7-14(8-6-13)15(10-16)17-12(3)4/h5-8,11-12,15,17H,9-10,16H2,1-4H3. The molecule has 3 N–H and O–H groups in total. The predicted octanol–water partition coefficient (Wildman–Crippen LogP) is 2.88. The number of rotatable bonds is 6. The molecule has 0 radical (unpaired) electrons. The lowest BCUT2D eigenvalue weighted by Gasteiger charge is -2.20. The molecule has 0 fully saturated rings. The minimum Gasteiger partial charge on any atom is -0.329 e. The molecule has 0 saturated carbocycles. The zero-order valence-electron chi connectivity index (χ0n) is 11.5. The molecule has 0 spiro atoms. The number of hydrogen-bond donors (Lipinski definition) is 2. The molecule has 0 aromatic heterocycles. The van der Waals surface area contributed by atoms with Gasteiger partial charge in [-0.25, -0.2) is 0 Å². The lowest BCUT2D eigenvalue weighted by atomic mass is 9.99. The minimum absolute atomic E-state index is 0.267. The Balaban J connectivity index is 2.70. The van der Waals surface area contributed by atoms with Gasteiger partial charge in [0.25, 0.3) is 0 Å². The first-order valence-corrected chi connectivity index (χ1v) is 6.58. The Morgan fingerprint density at radius 3 is 2.06 bits per heavy atom. The molecule has 2 nitrogen and oxygen atoms in total. The highest BCUT2D eigenvalue weighted by molar-refractivity contribution is 5.25. The Morgan fingerprint density at radius 1 is 1.06 bits per heavy atom. The van der Waals surface area contributed by atoms with Crippen LogP contribution in [0.5, 0.6) is 0 Å². The number of nitrogens with two attached hydrogens (primary N) is 1. The van der Waals surface area contributed by atoms with E-state index in [0.29, 0.717) is 18.5 Å². The number of hydrogen-bond acceptors (Lipinski definition) is 2. The maximum atomic E-state index is 5.81. The predicted molar refractivity (Wildman–Crippen MR) is 75.1 cm³/mol. The van der Waals surface area contributed by atoms with E-state index < -0.39 is 0 Å². The van der Waals surface area contributed by atoms with Crippen LogP contribution in [0.25, 0.3) is 0 Å². The van der Waals surface area contributed by atoms with Crippen LogP contribution in [0.4, 0.5) is 0 Å². The van der Waals surface area contributed by atoms with Crippen LogP contribution in [0.15, 0.2) is 24.3 Å². The topological polar surface area (TPSA) is 38.0 Å². The molecule has 1 unspecified atom stereocenters. The van der Waals surface area contributed by atoms with Crippen molar-refractivity contribution < 1.29 is 0 Å². The second-order valence-electron chi connectivity index (χ2n) is 5.45. The lowest BCUT2D eigenvalue weighted by molar-refractivity contribution is 0.483. The van der Waals surface area contributed by atoms with Gasteiger partial charge in [-0.3, -0.25) is 0 Å². The molecule has 1 aromatic rings. The van der Waals surface area contributed by atoms with Crippen LogP contribution in [0.1, 0.15) is 44.9 Å². The van der Waals surface area contributed by atoms with Crippen LogP contribution < -0.4 is 11.1 Å². The van der Waals surface area contributed by atoms with Gasteiger partial charge in [0.1, 0.15) is 0 Å². The van der Waals surface area contributed by atoms with Crippen LogP contribution >= 0.6 is 0 Å². The summed E-state index contributed by atoms with van der Waals surface area (Å²) in [7, 11) is 0. The van der Waals surface area contributed by atoms with E-state index in [9.17, 15) is 0 Å². The van der Waals surface area contributed by atoms with Crippen molar-refractivity contribution in [3.05, 3.63) is 35.4 Å². The fraction of sp³-hybridized carbons (Fsp3) is 0.600. The van der Waals surface area contributed by atoms with Gasteiger partial charge in [0.15, 0.2) is 0 Å². The summed E-state index contributed by atoms with van der Waals surface area (Å²) in [5.41, 5.74) is 8.50. The van der Waals surface area contributed by atoms with Gasteiger partial charge in [0.2, 0.25) is 0 Å². The Morgan fingerprint density at radius 2 is 1.65 bits per heavy atom. The van der Waals surface area contributed by atoms with Gasteiger partial charge in [-0.2, -0.15) is 0 Å². The SMILES string of the molecule is CC(C)Cc1ccc(C(CN)NC(C)C)cc1. The molecule has 0 aliphatic rings.